The topological polar surface area (TPSA) is 64.6 Å². The van der Waals surface area contributed by atoms with E-state index in [0.29, 0.717) is 24.6 Å². The number of carbonyl (C=O) groups excluding carboxylic acids is 1. The summed E-state index contributed by atoms with van der Waals surface area (Å²) < 4.78 is 11.3. The van der Waals surface area contributed by atoms with Crippen LogP contribution in [0.3, 0.4) is 0 Å². The zero-order chi connectivity index (χ0) is 14.2. The Hall–Kier alpha value is -2.63. The van der Waals surface area contributed by atoms with Crippen LogP contribution in [0.25, 0.3) is 0 Å². The van der Waals surface area contributed by atoms with Crippen molar-refractivity contribution in [3.63, 3.8) is 0 Å². The highest BCUT2D eigenvalue weighted by molar-refractivity contribution is 5.82. The molecule has 0 radical (unpaired) electrons. The molecule has 6 heteroatoms. The second kappa shape index (κ2) is 4.73. The van der Waals surface area contributed by atoms with Crippen molar-refractivity contribution in [2.75, 3.05) is 6.61 Å². The molecule has 1 unspecified atom stereocenters. The maximum absolute atomic E-state index is 12.6. The lowest BCUT2D eigenvalue weighted by molar-refractivity contribution is -0.141. The van der Waals surface area contributed by atoms with Gasteiger partial charge in [-0.3, -0.25) is 4.79 Å². The molecule has 1 amide bonds. The predicted octanol–water partition coefficient (Wildman–Crippen LogP) is 1.16. The zero-order valence-electron chi connectivity index (χ0n) is 11.2. The Morgan fingerprint density at radius 2 is 2.10 bits per heavy atom. The molecule has 0 N–H and O–H groups in total. The number of carbonyl (C=O) groups is 1. The van der Waals surface area contributed by atoms with Crippen molar-refractivity contribution in [1.29, 1.82) is 0 Å². The minimum atomic E-state index is -0.609. The molecule has 106 valence electrons. The van der Waals surface area contributed by atoms with Gasteiger partial charge in [0, 0.05) is 18.3 Å². The van der Waals surface area contributed by atoms with E-state index in [-0.39, 0.29) is 12.5 Å². The van der Waals surface area contributed by atoms with Crippen LogP contribution in [-0.2, 0) is 17.9 Å². The van der Waals surface area contributed by atoms with Crippen LogP contribution in [0.4, 0.5) is 0 Å². The number of ether oxygens (including phenoxy) is 2. The Labute approximate surface area is 121 Å². The Morgan fingerprint density at radius 1 is 1.24 bits per heavy atom. The van der Waals surface area contributed by atoms with Gasteiger partial charge in [0.1, 0.15) is 12.9 Å². The summed E-state index contributed by atoms with van der Waals surface area (Å²) in [6.45, 7) is 1.25. The fourth-order valence-corrected chi connectivity index (χ4v) is 2.60. The van der Waals surface area contributed by atoms with Crippen molar-refractivity contribution in [3.05, 3.63) is 48.0 Å². The summed E-state index contributed by atoms with van der Waals surface area (Å²) in [5.41, 5.74) is 1.89. The fraction of sp³-hybridized carbons (Fsp3) is 0.267. The lowest BCUT2D eigenvalue weighted by atomic mass is 10.2. The largest absolute Gasteiger partial charge is 0.485 e. The number of fused-ring (bicyclic) bond motifs is 2. The summed E-state index contributed by atoms with van der Waals surface area (Å²) in [5, 5.41) is 0. The molecule has 0 fully saturated rings. The molecule has 21 heavy (non-hydrogen) atoms. The minimum Gasteiger partial charge on any atom is -0.485 e. The molecule has 4 rings (SSSR count). The Balaban J connectivity index is 1.50. The first-order valence-electron chi connectivity index (χ1n) is 6.76. The van der Waals surface area contributed by atoms with Crippen molar-refractivity contribution in [2.24, 2.45) is 0 Å². The first-order valence-corrected chi connectivity index (χ1v) is 6.76. The predicted molar refractivity (Wildman–Crippen MR) is 72.6 cm³/mol. The van der Waals surface area contributed by atoms with Crippen LogP contribution in [0.2, 0.25) is 0 Å². The first kappa shape index (κ1) is 12.1. The maximum atomic E-state index is 12.6. The standard InChI is InChI=1S/C15H13N3O3/c19-15(18-6-10-5-16-9-17-11(10)7-18)14-8-20-12-3-1-2-4-13(12)21-14/h1-5,9,14H,6-8H2. The van der Waals surface area contributed by atoms with Crippen molar-refractivity contribution < 1.29 is 14.3 Å². The van der Waals surface area contributed by atoms with Gasteiger partial charge < -0.3 is 14.4 Å². The van der Waals surface area contributed by atoms with E-state index in [0.717, 1.165) is 11.3 Å². The summed E-state index contributed by atoms with van der Waals surface area (Å²) in [4.78, 5) is 22.5. The summed E-state index contributed by atoms with van der Waals surface area (Å²) in [6, 6.07) is 7.37. The van der Waals surface area contributed by atoms with Crippen LogP contribution in [-0.4, -0.2) is 33.5 Å². The smallest absolute Gasteiger partial charge is 0.267 e. The van der Waals surface area contributed by atoms with Crippen molar-refractivity contribution in [1.82, 2.24) is 14.9 Å². The van der Waals surface area contributed by atoms with E-state index >= 15 is 0 Å². The van der Waals surface area contributed by atoms with Crippen LogP contribution in [0.5, 0.6) is 11.5 Å². The molecule has 0 spiro atoms. The molecular weight excluding hydrogens is 270 g/mol. The Bertz CT molecular complexity index is 679. The normalized spacial score (nSPS) is 19.2. The number of para-hydroxylation sites is 2. The van der Waals surface area contributed by atoms with Gasteiger partial charge in [0.15, 0.2) is 11.5 Å². The van der Waals surface area contributed by atoms with Gasteiger partial charge >= 0.3 is 0 Å². The molecule has 2 aliphatic rings. The van der Waals surface area contributed by atoms with Gasteiger partial charge in [-0.25, -0.2) is 9.97 Å². The second-order valence-electron chi connectivity index (χ2n) is 5.05. The van der Waals surface area contributed by atoms with Crippen LogP contribution >= 0.6 is 0 Å². The van der Waals surface area contributed by atoms with E-state index in [1.807, 2.05) is 18.2 Å². The van der Waals surface area contributed by atoms with Crippen LogP contribution in [0.1, 0.15) is 11.3 Å². The third kappa shape index (κ3) is 2.08. The van der Waals surface area contributed by atoms with Gasteiger partial charge in [-0.1, -0.05) is 12.1 Å². The van der Waals surface area contributed by atoms with Gasteiger partial charge in [0.25, 0.3) is 5.91 Å². The lowest BCUT2D eigenvalue weighted by Gasteiger charge is -2.28. The van der Waals surface area contributed by atoms with Gasteiger partial charge in [-0.05, 0) is 12.1 Å². The zero-order valence-corrected chi connectivity index (χ0v) is 11.2. The van der Waals surface area contributed by atoms with E-state index in [2.05, 4.69) is 9.97 Å². The highest BCUT2D eigenvalue weighted by Gasteiger charge is 2.34. The van der Waals surface area contributed by atoms with Gasteiger partial charge in [0.2, 0.25) is 6.10 Å². The molecule has 3 heterocycles. The Morgan fingerprint density at radius 3 is 2.95 bits per heavy atom. The van der Waals surface area contributed by atoms with Gasteiger partial charge in [-0.15, -0.1) is 0 Å². The summed E-state index contributed by atoms with van der Waals surface area (Å²) in [5.74, 6) is 1.21. The number of amides is 1. The van der Waals surface area contributed by atoms with E-state index in [4.69, 9.17) is 9.47 Å². The lowest BCUT2D eigenvalue weighted by Crippen LogP contribution is -2.44. The van der Waals surface area contributed by atoms with Crippen molar-refractivity contribution >= 4 is 5.91 Å². The maximum Gasteiger partial charge on any atom is 0.267 e. The average Bonchev–Trinajstić information content (AvgIpc) is 2.97. The van der Waals surface area contributed by atoms with E-state index in [9.17, 15) is 4.79 Å². The molecule has 2 aromatic rings. The molecule has 1 aromatic heterocycles. The second-order valence-corrected chi connectivity index (χ2v) is 5.05. The van der Waals surface area contributed by atoms with Crippen molar-refractivity contribution in [2.45, 2.75) is 19.2 Å². The number of hydrogen-bond acceptors (Lipinski definition) is 5. The van der Waals surface area contributed by atoms with Crippen LogP contribution in [0.15, 0.2) is 36.8 Å². The molecule has 6 nitrogen and oxygen atoms in total. The molecule has 2 aliphatic heterocycles. The molecular formula is C15H13N3O3. The molecule has 1 aromatic carbocycles. The number of nitrogens with zero attached hydrogens (tertiary/aromatic N) is 3. The summed E-state index contributed by atoms with van der Waals surface area (Å²) >= 11 is 0. The van der Waals surface area contributed by atoms with Crippen molar-refractivity contribution in [3.8, 4) is 11.5 Å². The fourth-order valence-electron chi connectivity index (χ4n) is 2.60. The van der Waals surface area contributed by atoms with Crippen LogP contribution < -0.4 is 9.47 Å². The van der Waals surface area contributed by atoms with Gasteiger partial charge in [-0.2, -0.15) is 0 Å². The molecule has 0 aliphatic carbocycles. The minimum absolute atomic E-state index is 0.0810. The average molecular weight is 283 g/mol. The summed E-state index contributed by atoms with van der Waals surface area (Å²) in [7, 11) is 0. The SMILES string of the molecule is O=C(C1COc2ccccc2O1)N1Cc2cncnc2C1. The monoisotopic (exact) mass is 283 g/mol. The summed E-state index contributed by atoms with van der Waals surface area (Å²) in [6.07, 6.45) is 2.65. The van der Waals surface area contributed by atoms with Gasteiger partial charge in [0.05, 0.1) is 12.2 Å². The molecule has 0 bridgehead atoms. The third-order valence-electron chi connectivity index (χ3n) is 3.68. The first-order chi connectivity index (χ1) is 10.3. The highest BCUT2D eigenvalue weighted by Crippen LogP contribution is 2.32. The Kier molecular flexibility index (Phi) is 2.73. The quantitative estimate of drug-likeness (QED) is 0.785. The molecule has 0 saturated carbocycles. The number of aromatic nitrogens is 2. The van der Waals surface area contributed by atoms with E-state index in [1.54, 1.807) is 17.2 Å². The number of benzene rings is 1. The highest BCUT2D eigenvalue weighted by atomic mass is 16.6. The van der Waals surface area contributed by atoms with Crippen LogP contribution in [0, 0.1) is 0 Å². The molecule has 0 saturated heterocycles. The molecule has 1 atom stereocenters. The number of hydrogen-bond donors (Lipinski definition) is 0. The third-order valence-corrected chi connectivity index (χ3v) is 3.68. The van der Waals surface area contributed by atoms with E-state index < -0.39 is 6.10 Å². The number of rotatable bonds is 1. The van der Waals surface area contributed by atoms with E-state index in [1.165, 1.54) is 6.33 Å².